The van der Waals surface area contributed by atoms with Crippen LogP contribution in [0.25, 0.3) is 0 Å². The van der Waals surface area contributed by atoms with Crippen molar-refractivity contribution in [2.75, 3.05) is 6.54 Å². The van der Waals surface area contributed by atoms with Crippen molar-refractivity contribution in [1.82, 2.24) is 10.6 Å². The van der Waals surface area contributed by atoms with Crippen molar-refractivity contribution in [3.8, 4) is 0 Å². The number of carboxylic acids is 1. The summed E-state index contributed by atoms with van der Waals surface area (Å²) in [6, 6.07) is -1.86. The Kier molecular flexibility index (Phi) is 4.30. The predicted octanol–water partition coefficient (Wildman–Crippen LogP) is -0.730. The van der Waals surface area contributed by atoms with Crippen LogP contribution in [0, 0.1) is 11.8 Å². The number of amides is 3. The Morgan fingerprint density at radius 2 is 2.06 bits per heavy atom. The molecular formula is C10H17N3O4. The first-order chi connectivity index (χ1) is 7.90. The normalized spacial score (nSPS) is 23.6. The molecule has 0 aromatic heterocycles. The predicted molar refractivity (Wildman–Crippen MR) is 59.0 cm³/mol. The molecule has 1 aliphatic rings. The number of carbonyl (C=O) groups excluding carboxylic acids is 2. The zero-order valence-corrected chi connectivity index (χ0v) is 9.60. The summed E-state index contributed by atoms with van der Waals surface area (Å²) in [7, 11) is 0. The van der Waals surface area contributed by atoms with Crippen LogP contribution in [0.5, 0.6) is 0 Å². The Bertz CT molecular complexity index is 332. The fraction of sp³-hybridized carbons (Fsp3) is 0.700. The lowest BCUT2D eigenvalue weighted by molar-refractivity contribution is -0.140. The van der Waals surface area contributed by atoms with E-state index in [1.54, 1.807) is 0 Å². The van der Waals surface area contributed by atoms with Crippen LogP contribution in [0.1, 0.15) is 19.8 Å². The lowest BCUT2D eigenvalue weighted by atomic mass is 10.2. The summed E-state index contributed by atoms with van der Waals surface area (Å²) in [6.45, 7) is 2.60. The average molecular weight is 243 g/mol. The number of rotatable bonds is 6. The first-order valence-corrected chi connectivity index (χ1v) is 5.45. The van der Waals surface area contributed by atoms with Gasteiger partial charge in [-0.15, -0.1) is 0 Å². The monoisotopic (exact) mass is 243 g/mol. The molecule has 0 aromatic rings. The van der Waals surface area contributed by atoms with Gasteiger partial charge in [0, 0.05) is 6.54 Å². The van der Waals surface area contributed by atoms with Gasteiger partial charge in [-0.1, -0.05) is 6.92 Å². The molecule has 96 valence electrons. The van der Waals surface area contributed by atoms with Gasteiger partial charge in [0.05, 0.1) is 6.42 Å². The molecule has 7 nitrogen and oxygen atoms in total. The number of nitrogens with two attached hydrogens (primary N) is 1. The Labute approximate surface area is 98.7 Å². The van der Waals surface area contributed by atoms with Crippen molar-refractivity contribution in [2.24, 2.45) is 17.6 Å². The van der Waals surface area contributed by atoms with E-state index in [1.807, 2.05) is 0 Å². The maximum absolute atomic E-state index is 11.3. The number of carbonyl (C=O) groups is 3. The largest absolute Gasteiger partial charge is 0.480 e. The van der Waals surface area contributed by atoms with Crippen LogP contribution in [-0.4, -0.2) is 35.6 Å². The molecule has 1 aliphatic carbocycles. The van der Waals surface area contributed by atoms with Crippen molar-refractivity contribution in [3.63, 3.8) is 0 Å². The second kappa shape index (κ2) is 5.51. The molecular weight excluding hydrogens is 226 g/mol. The van der Waals surface area contributed by atoms with Crippen LogP contribution in [0.4, 0.5) is 4.79 Å². The van der Waals surface area contributed by atoms with Gasteiger partial charge in [0.25, 0.3) is 0 Å². The quantitative estimate of drug-likeness (QED) is 0.491. The molecule has 1 fully saturated rings. The van der Waals surface area contributed by atoms with Crippen molar-refractivity contribution in [2.45, 2.75) is 25.8 Å². The van der Waals surface area contributed by atoms with E-state index in [0.29, 0.717) is 18.4 Å². The smallest absolute Gasteiger partial charge is 0.326 e. The van der Waals surface area contributed by atoms with E-state index in [-0.39, 0.29) is 0 Å². The van der Waals surface area contributed by atoms with Gasteiger partial charge in [0.1, 0.15) is 6.04 Å². The van der Waals surface area contributed by atoms with E-state index in [4.69, 9.17) is 10.8 Å². The molecule has 1 rings (SSSR count). The summed E-state index contributed by atoms with van der Waals surface area (Å²) < 4.78 is 0. The molecule has 1 saturated carbocycles. The highest BCUT2D eigenvalue weighted by Gasteiger charge is 2.32. The average Bonchev–Trinajstić information content (AvgIpc) is 2.90. The summed E-state index contributed by atoms with van der Waals surface area (Å²) in [5.74, 6) is -0.969. The topological polar surface area (TPSA) is 122 Å². The van der Waals surface area contributed by atoms with Crippen molar-refractivity contribution >= 4 is 17.9 Å². The third kappa shape index (κ3) is 4.71. The van der Waals surface area contributed by atoms with E-state index < -0.39 is 30.4 Å². The van der Waals surface area contributed by atoms with Crippen molar-refractivity contribution in [3.05, 3.63) is 0 Å². The Balaban J connectivity index is 2.30. The van der Waals surface area contributed by atoms with Gasteiger partial charge >= 0.3 is 12.0 Å². The molecule has 3 unspecified atom stereocenters. The van der Waals surface area contributed by atoms with Gasteiger partial charge in [0.15, 0.2) is 0 Å². The molecule has 5 N–H and O–H groups in total. The van der Waals surface area contributed by atoms with Crippen molar-refractivity contribution < 1.29 is 19.5 Å². The number of nitrogens with one attached hydrogen (secondary N) is 2. The van der Waals surface area contributed by atoms with Crippen molar-refractivity contribution in [1.29, 1.82) is 0 Å². The fourth-order valence-electron chi connectivity index (χ4n) is 1.52. The number of primary amides is 1. The summed E-state index contributed by atoms with van der Waals surface area (Å²) in [5, 5.41) is 13.5. The van der Waals surface area contributed by atoms with Gasteiger partial charge in [-0.05, 0) is 18.3 Å². The van der Waals surface area contributed by atoms with E-state index in [2.05, 4.69) is 17.6 Å². The highest BCUT2D eigenvalue weighted by atomic mass is 16.4. The lowest BCUT2D eigenvalue weighted by Crippen LogP contribution is -2.48. The maximum Gasteiger partial charge on any atom is 0.326 e. The van der Waals surface area contributed by atoms with Crippen LogP contribution in [0.2, 0.25) is 0 Å². The van der Waals surface area contributed by atoms with E-state index in [0.717, 1.165) is 6.42 Å². The number of carboxylic acid groups (broad SMARTS) is 1. The van der Waals surface area contributed by atoms with Gasteiger partial charge in [-0.25, -0.2) is 9.59 Å². The molecule has 0 bridgehead atoms. The fourth-order valence-corrected chi connectivity index (χ4v) is 1.52. The molecule has 0 radical (unpaired) electrons. The molecule has 0 heterocycles. The minimum Gasteiger partial charge on any atom is -0.480 e. The van der Waals surface area contributed by atoms with Gasteiger partial charge in [-0.3, -0.25) is 4.79 Å². The maximum atomic E-state index is 11.3. The van der Waals surface area contributed by atoms with Gasteiger partial charge < -0.3 is 21.5 Å². The highest BCUT2D eigenvalue weighted by Crippen LogP contribution is 2.36. The van der Waals surface area contributed by atoms with Crippen LogP contribution in [0.15, 0.2) is 0 Å². The lowest BCUT2D eigenvalue weighted by Gasteiger charge is -2.13. The minimum absolute atomic E-state index is 0.414. The zero-order chi connectivity index (χ0) is 13.0. The number of hydrogen-bond acceptors (Lipinski definition) is 3. The van der Waals surface area contributed by atoms with E-state index in [9.17, 15) is 14.4 Å². The second-order valence-corrected chi connectivity index (χ2v) is 4.39. The Morgan fingerprint density at radius 1 is 1.47 bits per heavy atom. The SMILES string of the molecule is CC1CC1CNC(=O)NC(CC(N)=O)C(=O)O. The molecule has 0 aliphatic heterocycles. The molecule has 0 aromatic carbocycles. The molecule has 0 saturated heterocycles. The highest BCUT2D eigenvalue weighted by molar-refractivity contribution is 5.87. The van der Waals surface area contributed by atoms with Crippen LogP contribution >= 0.6 is 0 Å². The summed E-state index contributed by atoms with van der Waals surface area (Å²) in [5.41, 5.74) is 4.88. The van der Waals surface area contributed by atoms with Gasteiger partial charge in [-0.2, -0.15) is 0 Å². The minimum atomic E-state index is -1.28. The van der Waals surface area contributed by atoms with E-state index in [1.165, 1.54) is 0 Å². The van der Waals surface area contributed by atoms with Gasteiger partial charge in [0.2, 0.25) is 5.91 Å². The molecule has 7 heteroatoms. The van der Waals surface area contributed by atoms with Crippen LogP contribution in [0.3, 0.4) is 0 Å². The Morgan fingerprint density at radius 3 is 2.47 bits per heavy atom. The number of aliphatic carboxylic acids is 1. The molecule has 0 spiro atoms. The first kappa shape index (κ1) is 13.3. The zero-order valence-electron chi connectivity index (χ0n) is 9.60. The van der Waals surface area contributed by atoms with Crippen LogP contribution < -0.4 is 16.4 Å². The summed E-state index contributed by atoms with van der Waals surface area (Å²) >= 11 is 0. The standard InChI is InChI=1S/C10H17N3O4/c1-5-2-6(5)4-12-10(17)13-7(9(15)16)3-8(11)14/h5-7H,2-4H2,1H3,(H2,11,14)(H,15,16)(H2,12,13,17). The third-order valence-electron chi connectivity index (χ3n) is 2.81. The van der Waals surface area contributed by atoms with E-state index >= 15 is 0 Å². The summed E-state index contributed by atoms with van der Waals surface area (Å²) in [4.78, 5) is 32.7. The van der Waals surface area contributed by atoms with Crippen LogP contribution in [-0.2, 0) is 9.59 Å². The number of urea groups is 1. The molecule has 17 heavy (non-hydrogen) atoms. The molecule has 3 atom stereocenters. The third-order valence-corrected chi connectivity index (χ3v) is 2.81. The Hall–Kier alpha value is -1.79. The number of hydrogen-bond donors (Lipinski definition) is 4. The first-order valence-electron chi connectivity index (χ1n) is 5.45. The second-order valence-electron chi connectivity index (χ2n) is 4.39. The summed E-state index contributed by atoms with van der Waals surface area (Å²) in [6.07, 6.45) is 0.659. The molecule has 3 amide bonds.